The molecule has 0 aliphatic rings. The Labute approximate surface area is 164 Å². The number of hydrogen-bond acceptors (Lipinski definition) is 5. The summed E-state index contributed by atoms with van der Waals surface area (Å²) >= 11 is 1.20. The number of aliphatic imine (C=N–C) groups is 1. The van der Waals surface area contributed by atoms with Crippen molar-refractivity contribution in [3.63, 3.8) is 0 Å². The molecule has 3 N–H and O–H groups in total. The molecule has 0 aliphatic heterocycles. The van der Waals surface area contributed by atoms with Crippen LogP contribution in [0.15, 0.2) is 57.0 Å². The number of benzene rings is 1. The maximum absolute atomic E-state index is 12.4. The maximum atomic E-state index is 12.4. The zero-order valence-corrected chi connectivity index (χ0v) is 17.1. The van der Waals surface area contributed by atoms with Gasteiger partial charge in [0.05, 0.1) is 6.61 Å². The van der Waals surface area contributed by atoms with E-state index in [-0.39, 0.29) is 12.5 Å². The quantitative estimate of drug-likeness (QED) is 0.428. The third-order valence-electron chi connectivity index (χ3n) is 4.11. The van der Waals surface area contributed by atoms with E-state index in [9.17, 15) is 13.5 Å². The van der Waals surface area contributed by atoms with Crippen LogP contribution in [-0.4, -0.2) is 64.1 Å². The van der Waals surface area contributed by atoms with Crippen molar-refractivity contribution in [2.45, 2.75) is 10.1 Å². The van der Waals surface area contributed by atoms with Gasteiger partial charge in [0.15, 0.2) is 5.96 Å². The van der Waals surface area contributed by atoms with Gasteiger partial charge in [-0.25, -0.2) is 8.42 Å². The zero-order chi connectivity index (χ0) is 19.7. The van der Waals surface area contributed by atoms with E-state index in [1.807, 2.05) is 30.3 Å². The van der Waals surface area contributed by atoms with E-state index in [1.54, 1.807) is 31.6 Å². The fourth-order valence-electron chi connectivity index (χ4n) is 2.47. The van der Waals surface area contributed by atoms with Crippen molar-refractivity contribution in [3.8, 4) is 0 Å². The molecular formula is C18H26N4O3S2. The van der Waals surface area contributed by atoms with Crippen LogP contribution in [0.3, 0.4) is 0 Å². The summed E-state index contributed by atoms with van der Waals surface area (Å²) in [5.41, 5.74) is 1.05. The van der Waals surface area contributed by atoms with Gasteiger partial charge in [0.25, 0.3) is 10.0 Å². The summed E-state index contributed by atoms with van der Waals surface area (Å²) in [6.07, 6.45) is 0. The fourth-order valence-corrected chi connectivity index (χ4v) is 4.84. The highest BCUT2D eigenvalue weighted by molar-refractivity contribution is 7.91. The molecule has 27 heavy (non-hydrogen) atoms. The SMILES string of the molecule is CN=C(NCCN(C)S(=O)(=O)c1cccs1)NCC(CO)c1ccccc1. The van der Waals surface area contributed by atoms with Crippen LogP contribution in [0.5, 0.6) is 0 Å². The van der Waals surface area contributed by atoms with E-state index < -0.39 is 10.0 Å². The van der Waals surface area contributed by atoms with Gasteiger partial charge in [0.2, 0.25) is 0 Å². The molecule has 1 heterocycles. The summed E-state index contributed by atoms with van der Waals surface area (Å²) in [6.45, 7) is 1.26. The van der Waals surface area contributed by atoms with Crippen molar-refractivity contribution in [1.82, 2.24) is 14.9 Å². The van der Waals surface area contributed by atoms with Crippen LogP contribution in [-0.2, 0) is 10.0 Å². The van der Waals surface area contributed by atoms with E-state index in [1.165, 1.54) is 15.6 Å². The number of sulfonamides is 1. The van der Waals surface area contributed by atoms with Crippen LogP contribution in [0, 0.1) is 0 Å². The van der Waals surface area contributed by atoms with Crippen LogP contribution in [0.4, 0.5) is 0 Å². The van der Waals surface area contributed by atoms with Gasteiger partial charge in [-0.15, -0.1) is 11.3 Å². The van der Waals surface area contributed by atoms with E-state index >= 15 is 0 Å². The van der Waals surface area contributed by atoms with Crippen molar-refractivity contribution in [3.05, 3.63) is 53.4 Å². The molecule has 1 aromatic heterocycles. The lowest BCUT2D eigenvalue weighted by molar-refractivity contribution is 0.265. The Morgan fingerprint density at radius 3 is 2.56 bits per heavy atom. The number of aliphatic hydroxyl groups excluding tert-OH is 1. The van der Waals surface area contributed by atoms with Crippen molar-refractivity contribution in [2.75, 3.05) is 40.3 Å². The molecule has 7 nitrogen and oxygen atoms in total. The lowest BCUT2D eigenvalue weighted by Crippen LogP contribution is -2.43. The lowest BCUT2D eigenvalue weighted by Gasteiger charge is -2.20. The second-order valence-electron chi connectivity index (χ2n) is 5.93. The van der Waals surface area contributed by atoms with Crippen LogP contribution in [0.25, 0.3) is 0 Å². The Bertz CT molecular complexity index is 808. The fraction of sp³-hybridized carbons (Fsp3) is 0.389. The van der Waals surface area contributed by atoms with E-state index in [2.05, 4.69) is 15.6 Å². The topological polar surface area (TPSA) is 94.0 Å². The Hall–Kier alpha value is -1.94. The molecule has 2 rings (SSSR count). The minimum Gasteiger partial charge on any atom is -0.396 e. The highest BCUT2D eigenvalue weighted by Gasteiger charge is 2.21. The minimum absolute atomic E-state index is 0.0236. The summed E-state index contributed by atoms with van der Waals surface area (Å²) < 4.78 is 26.4. The van der Waals surface area contributed by atoms with Gasteiger partial charge in [-0.3, -0.25) is 4.99 Å². The molecule has 0 fully saturated rings. The third-order valence-corrected chi connectivity index (χ3v) is 7.34. The number of nitrogens with one attached hydrogen (secondary N) is 2. The number of nitrogens with zero attached hydrogens (tertiary/aromatic N) is 2. The minimum atomic E-state index is -3.45. The average Bonchev–Trinajstić information content (AvgIpc) is 3.23. The standard InChI is InChI=1S/C18H26N4O3S2/c1-19-18(21-13-16(14-23)15-7-4-3-5-8-15)20-10-11-22(2)27(24,25)17-9-6-12-26-17/h3-9,12,16,23H,10-11,13-14H2,1-2H3,(H2,19,20,21). The van der Waals surface area contributed by atoms with E-state index in [0.717, 1.165) is 5.56 Å². The second-order valence-corrected chi connectivity index (χ2v) is 9.15. The van der Waals surface area contributed by atoms with Gasteiger partial charge in [0, 0.05) is 39.6 Å². The Morgan fingerprint density at radius 2 is 1.96 bits per heavy atom. The Morgan fingerprint density at radius 1 is 1.22 bits per heavy atom. The highest BCUT2D eigenvalue weighted by atomic mass is 32.2. The molecule has 0 bridgehead atoms. The smallest absolute Gasteiger partial charge is 0.252 e. The molecule has 0 saturated heterocycles. The van der Waals surface area contributed by atoms with Crippen molar-refractivity contribution >= 4 is 27.3 Å². The van der Waals surface area contributed by atoms with Crippen LogP contribution >= 0.6 is 11.3 Å². The van der Waals surface area contributed by atoms with Crippen molar-refractivity contribution in [1.29, 1.82) is 0 Å². The average molecular weight is 411 g/mol. The number of likely N-dealkylation sites (N-methyl/N-ethyl adjacent to an activating group) is 1. The molecule has 0 radical (unpaired) electrons. The monoisotopic (exact) mass is 410 g/mol. The number of thiophene rings is 1. The van der Waals surface area contributed by atoms with Crippen LogP contribution in [0.2, 0.25) is 0 Å². The molecule has 0 saturated carbocycles. The summed E-state index contributed by atoms with van der Waals surface area (Å²) in [7, 11) is -0.237. The highest BCUT2D eigenvalue weighted by Crippen LogP contribution is 2.19. The van der Waals surface area contributed by atoms with E-state index in [0.29, 0.717) is 29.8 Å². The molecule has 1 aromatic carbocycles. The molecule has 0 spiro atoms. The Kier molecular flexibility index (Phi) is 8.23. The van der Waals surface area contributed by atoms with Gasteiger partial charge in [-0.05, 0) is 17.0 Å². The number of rotatable bonds is 9. The van der Waals surface area contributed by atoms with Gasteiger partial charge >= 0.3 is 0 Å². The molecule has 148 valence electrons. The van der Waals surface area contributed by atoms with Gasteiger partial charge in [0.1, 0.15) is 4.21 Å². The molecule has 0 aliphatic carbocycles. The molecule has 2 aromatic rings. The first-order valence-corrected chi connectivity index (χ1v) is 10.9. The molecule has 9 heteroatoms. The maximum Gasteiger partial charge on any atom is 0.252 e. The summed E-state index contributed by atoms with van der Waals surface area (Å²) in [4.78, 5) is 4.14. The predicted molar refractivity (Wildman–Crippen MR) is 110 cm³/mol. The number of guanidine groups is 1. The van der Waals surface area contributed by atoms with Crippen molar-refractivity contribution in [2.24, 2.45) is 4.99 Å². The zero-order valence-electron chi connectivity index (χ0n) is 15.5. The first-order chi connectivity index (χ1) is 13.0. The summed E-state index contributed by atoms with van der Waals surface area (Å²) in [5.74, 6) is 0.512. The van der Waals surface area contributed by atoms with Crippen molar-refractivity contribution < 1.29 is 13.5 Å². The first kappa shape index (κ1) is 21.4. The molecule has 1 unspecified atom stereocenters. The van der Waals surface area contributed by atoms with E-state index in [4.69, 9.17) is 0 Å². The van der Waals surface area contributed by atoms with Gasteiger partial charge in [-0.2, -0.15) is 4.31 Å². The second kappa shape index (κ2) is 10.4. The van der Waals surface area contributed by atoms with Crippen LogP contribution < -0.4 is 10.6 Å². The van der Waals surface area contributed by atoms with Crippen LogP contribution in [0.1, 0.15) is 11.5 Å². The summed E-state index contributed by atoms with van der Waals surface area (Å²) in [6, 6.07) is 13.1. The normalized spacial score (nSPS) is 13.6. The lowest BCUT2D eigenvalue weighted by atomic mass is 10.0. The predicted octanol–water partition coefficient (Wildman–Crippen LogP) is 1.31. The summed E-state index contributed by atoms with van der Waals surface area (Å²) in [5, 5.41) is 17.6. The molecular weight excluding hydrogens is 384 g/mol. The van der Waals surface area contributed by atoms with Gasteiger partial charge < -0.3 is 15.7 Å². The largest absolute Gasteiger partial charge is 0.396 e. The first-order valence-electron chi connectivity index (χ1n) is 8.59. The Balaban J connectivity index is 1.82. The number of hydrogen-bond donors (Lipinski definition) is 3. The molecule has 0 amide bonds. The van der Waals surface area contributed by atoms with Gasteiger partial charge in [-0.1, -0.05) is 36.4 Å². The molecule has 1 atom stereocenters. The number of aliphatic hydroxyl groups is 1. The third kappa shape index (κ3) is 6.03.